The molecule has 37 heteroatoms. The van der Waals surface area contributed by atoms with Gasteiger partial charge in [-0.25, -0.2) is 0 Å². The number of benzene rings is 3. The molecular weight excluding hydrogens is 1630 g/mol. The van der Waals surface area contributed by atoms with Crippen molar-refractivity contribution < 1.29 is 270 Å². The predicted octanol–water partition coefficient (Wildman–Crippen LogP) is 0.633. The summed E-state index contributed by atoms with van der Waals surface area (Å²) in [6, 6.07) is 23.1. The van der Waals surface area contributed by atoms with E-state index in [0.29, 0.717) is 56.8 Å². The van der Waals surface area contributed by atoms with Gasteiger partial charge in [0.2, 0.25) is 0 Å². The van der Waals surface area contributed by atoms with Crippen molar-refractivity contribution in [1.29, 1.82) is 0 Å². The third kappa shape index (κ3) is 37.4. The molecule has 0 aliphatic carbocycles. The van der Waals surface area contributed by atoms with E-state index in [2.05, 4.69) is 41.0 Å². The van der Waals surface area contributed by atoms with Crippen molar-refractivity contribution in [1.82, 2.24) is 0 Å². The Balaban J connectivity index is 0.000000581. The van der Waals surface area contributed by atoms with Gasteiger partial charge >= 0.3 is 145 Å². The summed E-state index contributed by atoms with van der Waals surface area (Å²) >= 11 is 4.71. The molecule has 8 heterocycles. The Morgan fingerprint density at radius 1 is 0.542 bits per heavy atom. The van der Waals surface area contributed by atoms with E-state index in [-0.39, 0.29) is 196 Å². The quantitative estimate of drug-likeness (QED) is 0.0371. The number of ether oxygens (including phenoxy) is 12. The second kappa shape index (κ2) is 42.6. The van der Waals surface area contributed by atoms with Crippen molar-refractivity contribution in [3.05, 3.63) is 83.6 Å². The molecule has 0 amide bonds. The van der Waals surface area contributed by atoms with E-state index in [0.717, 1.165) is 45.1 Å². The van der Waals surface area contributed by atoms with Gasteiger partial charge in [-0.3, -0.25) is 21.7 Å². The largest absolute Gasteiger partial charge is 1.00 e. The third-order valence-electron chi connectivity index (χ3n) is 12.3. The molecule has 0 bridgehead atoms. The predicted molar refractivity (Wildman–Crippen MR) is 350 cm³/mol. The molecule has 3 N–H and O–H groups in total. The van der Waals surface area contributed by atoms with Crippen molar-refractivity contribution in [3.8, 4) is 17.2 Å². The van der Waals surface area contributed by atoms with E-state index in [1.807, 2.05) is 69.5 Å². The number of halogens is 1. The van der Waals surface area contributed by atoms with Crippen LogP contribution in [0, 0.1) is 0 Å². The molecule has 11 rings (SSSR count). The summed E-state index contributed by atoms with van der Waals surface area (Å²) in [4.78, 5) is 11.2. The smallest absolute Gasteiger partial charge is 1.00 e. The monoisotopic (exact) mass is 1720 g/mol. The van der Waals surface area contributed by atoms with Gasteiger partial charge in [-0.1, -0.05) is 0 Å². The number of rotatable bonds is 17. The molecule has 0 radical (unpaired) electrons. The number of phenols is 1. The van der Waals surface area contributed by atoms with E-state index in [1.54, 1.807) is 82.4 Å². The van der Waals surface area contributed by atoms with Gasteiger partial charge in [0, 0.05) is 18.9 Å². The van der Waals surface area contributed by atoms with Crippen LogP contribution in [0.3, 0.4) is 0 Å². The Kier molecular flexibility index (Phi) is 39.9. The van der Waals surface area contributed by atoms with E-state index in [9.17, 15) is 39.7 Å². The summed E-state index contributed by atoms with van der Waals surface area (Å²) in [5.74, 6) is -0.962. The summed E-state index contributed by atoms with van der Waals surface area (Å²) in [7, 11) is -12.6. The van der Waals surface area contributed by atoms with Crippen LogP contribution in [0.25, 0.3) is 30.3 Å². The molecular formula is C59H86BCs2FO27S6. The van der Waals surface area contributed by atoms with Gasteiger partial charge in [-0.15, -0.1) is 34.0 Å². The van der Waals surface area contributed by atoms with Gasteiger partial charge in [0.15, 0.2) is 28.9 Å². The minimum Gasteiger partial charge on any atom is -1.00 e. The molecule has 5 aliphatic heterocycles. The van der Waals surface area contributed by atoms with Crippen LogP contribution in [0.15, 0.2) is 83.6 Å². The van der Waals surface area contributed by atoms with Crippen molar-refractivity contribution in [3.63, 3.8) is 0 Å². The molecule has 5 atom stereocenters. The number of thiophene rings is 3. The van der Waals surface area contributed by atoms with Crippen LogP contribution in [-0.4, -0.2) is 205 Å². The number of hydrogen-bond donors (Lipinski definition) is 3. The number of fused-ring (bicyclic) bond motifs is 3. The van der Waals surface area contributed by atoms with E-state index in [1.165, 1.54) is 26.8 Å². The minimum atomic E-state index is -3.38. The molecule has 5 fully saturated rings. The van der Waals surface area contributed by atoms with Crippen LogP contribution in [0.1, 0.15) is 72.0 Å². The molecule has 3 unspecified atom stereocenters. The molecule has 0 saturated carbocycles. The van der Waals surface area contributed by atoms with Gasteiger partial charge < -0.3 is 83.6 Å². The normalized spacial score (nSPS) is 21.6. The first-order valence-electron chi connectivity index (χ1n) is 29.3. The first-order valence-corrected chi connectivity index (χ1v) is 36.6. The average Bonchev–Trinajstić information content (AvgIpc) is 1.81. The maximum absolute atomic E-state index is 10.6. The van der Waals surface area contributed by atoms with Gasteiger partial charge in [0.1, 0.15) is 61.0 Å². The number of carbonyl (C=O) groups excluding carboxylic acids is 1. The van der Waals surface area contributed by atoms with Gasteiger partial charge in [-0.05, 0) is 169 Å². The number of hydrogen-bond acceptors (Lipinski definition) is 30. The summed E-state index contributed by atoms with van der Waals surface area (Å²) in [6.07, 6.45) is 2.06. The maximum Gasteiger partial charge on any atom is 1.00 e. The number of phenolic OH excluding ortho intramolecular Hbond substituents is 1. The second-order valence-corrected chi connectivity index (χ2v) is 31.0. The van der Waals surface area contributed by atoms with Crippen LogP contribution >= 0.6 is 34.0 Å². The fraction of sp³-hybridized carbons (Fsp3) is 0.576. The molecule has 5 aliphatic rings. The molecule has 96 heavy (non-hydrogen) atoms. The van der Waals surface area contributed by atoms with Crippen molar-refractivity contribution in [2.24, 2.45) is 0 Å². The Bertz CT molecular complexity index is 3500. The van der Waals surface area contributed by atoms with Gasteiger partial charge in [-0.2, -0.15) is 25.3 Å². The summed E-state index contributed by atoms with van der Waals surface area (Å²) in [5.41, 5.74) is 0. The molecule has 0 spiro atoms. The first kappa shape index (κ1) is 89.9. The van der Waals surface area contributed by atoms with Crippen LogP contribution in [0.2, 0.25) is 0 Å². The molecule has 27 nitrogen and oxygen atoms in total. The fourth-order valence-electron chi connectivity index (χ4n) is 8.42. The van der Waals surface area contributed by atoms with Crippen LogP contribution in [0.5, 0.6) is 17.2 Å². The van der Waals surface area contributed by atoms with Crippen LogP contribution < -0.4 is 157 Å². The topological polar surface area (TPSA) is 351 Å². The zero-order valence-electron chi connectivity index (χ0n) is 58.4. The molecule has 6 aromatic rings. The number of alkyl halides is 1. The molecule has 532 valence electrons. The fourth-order valence-corrected chi connectivity index (χ4v) is 12.2. The van der Waals surface area contributed by atoms with Crippen molar-refractivity contribution in [2.75, 3.05) is 92.0 Å². The summed E-state index contributed by atoms with van der Waals surface area (Å²) in [5, 5.41) is 43.4. The summed E-state index contributed by atoms with van der Waals surface area (Å²) < 4.78 is 162. The Morgan fingerprint density at radius 2 is 0.844 bits per heavy atom. The Labute approximate surface area is 693 Å². The van der Waals surface area contributed by atoms with Gasteiger partial charge in [0.05, 0.1) is 80.1 Å². The average molecular weight is 1720 g/mol. The van der Waals surface area contributed by atoms with Crippen molar-refractivity contribution in [2.45, 2.75) is 129 Å². The Morgan fingerprint density at radius 3 is 1.15 bits per heavy atom. The van der Waals surface area contributed by atoms with Crippen LogP contribution in [-0.2, 0) is 100.0 Å². The van der Waals surface area contributed by atoms with E-state index < -0.39 is 73.6 Å². The Hall–Kier alpha value is -0.281. The van der Waals surface area contributed by atoms with E-state index >= 15 is 0 Å². The standard InChI is InChI=1S/C14H17BO5S.C14H16O3S.C8H6OS.3C7H14O5S.CH3F.CH2O3.2Cs.H/c1-14(2)19-8-11(20-14)7-18-10-4-3-9-5-13(15(16)17)21-12(9)6-10;1-14(2)16-9-12(17-14)8-15-11-4-3-10-5-6-18-13(10)7-11;9-7-2-1-6-3-4-10-8(6)5-7;3*1-7(2)10-4-6(12-7)5-11-13(3,8)9;1-2;2-1-4-3;;;/h3-6,11,16-17H,7-8H2,1-2H3;3-7,12H,8-9H2,1-2H3;1-5,9H;3*6H,4-5H2,1-3H3;1H3;1,3H;;;/q;;;;;;;;2*+1;-1/p-1/t;;;2*6-;;;;;;/m...10....../s1/i;;;;;;1D;;;;. The number of aromatic hydroxyl groups is 1. The molecule has 5 saturated heterocycles. The zero-order chi connectivity index (χ0) is 71.1. The van der Waals surface area contributed by atoms with Gasteiger partial charge in [0.25, 0.3) is 36.8 Å². The zero-order valence-corrected chi connectivity index (χ0v) is 73.8. The first-order chi connectivity index (χ1) is 44.1. The maximum atomic E-state index is 10.6. The van der Waals surface area contributed by atoms with Crippen LogP contribution in [0.4, 0.5) is 4.39 Å². The van der Waals surface area contributed by atoms with E-state index in [4.69, 9.17) is 73.4 Å². The molecule has 3 aromatic carbocycles. The number of carbonyl (C=O) groups is 1. The van der Waals surface area contributed by atoms with Crippen molar-refractivity contribution >= 4 is 113 Å². The SMILES string of the molecule is CC1(C)OCC(COS(C)(=O)=O)O1.CC1(C)OCC(COc2ccc3cc(B(O)O)sc3c2)O1.CC1(C)OCC(COc2ccc3ccsc3c2)O1.CC1(C)OC[C@@H](COS(C)(=O)=O)O1.CC1(C)OC[C@H](COS(C)(=O)=O)O1.O=CO[O-].Oc1ccc2ccsc2c1.[2H]CF.[Cs+].[Cs+].[H-]. The molecule has 3 aromatic heterocycles. The minimum absolute atomic E-state index is 0. The summed E-state index contributed by atoms with van der Waals surface area (Å²) in [6.45, 7) is 21.3. The third-order valence-corrected chi connectivity index (χ3v) is 16.9. The second-order valence-electron chi connectivity index (χ2n) is 23.0.